The van der Waals surface area contributed by atoms with Gasteiger partial charge in [0.1, 0.15) is 35.3 Å². The standard InChI is InChI=1S/C30H41FN4O3S.C26H34N4O5S.C20H23F2NO2.CO2/c1-19(2)23-14-21(31)15-24(25(23)16-29(3,4)5)20-9-12-33-27(13-20)38-18-30(6,7)35-26-17-32-11-10-22(26)28(34-35)39(8,36)37;1-26(2,18-31)30-24-15-27-14-13-23(24)25(28-30)36(32,33)29(16-19-5-9-21(34-3)10-6-19)17-20-7-11-22(35-4)12-8-20;1-12(2)15-9-14(21)10-16(13-6-7-23-18(22)8-13)17(15)11-19(24)25-20(3,4)5;2-1-3/h9,12-15,19,32H,10-11,16-18H2,1-8H3;5-12,27,31H,13-18H2,1-4H3;6-10,12H,11H2,1-5H3;. The Morgan fingerprint density at radius 3 is 1.55 bits per heavy atom. The number of hydrogen-bond acceptors (Lipinski definition) is 18. The minimum Gasteiger partial charge on any atom is -0.497 e. The van der Waals surface area contributed by atoms with Crippen LogP contribution in [0.3, 0.4) is 0 Å². The number of methoxy groups -OCH3 is 2. The fourth-order valence-corrected chi connectivity index (χ4v) is 14.8. The van der Waals surface area contributed by atoms with Crippen LogP contribution in [0.4, 0.5) is 13.2 Å². The number of aliphatic hydroxyl groups is 1. The average molecular weight is 1460 g/mol. The zero-order valence-corrected chi connectivity index (χ0v) is 63.7. The van der Waals surface area contributed by atoms with Crippen LogP contribution in [0.1, 0.15) is 165 Å². The molecule has 6 heterocycles. The Hall–Kier alpha value is -8.62. The molecule has 4 aromatic carbocycles. The summed E-state index contributed by atoms with van der Waals surface area (Å²) in [6.07, 6.45) is 6.41. The Balaban J connectivity index is 0.000000217. The fourth-order valence-electron chi connectivity index (χ4n) is 12.3. The van der Waals surface area contributed by atoms with Crippen molar-refractivity contribution in [2.45, 2.75) is 187 Å². The zero-order valence-electron chi connectivity index (χ0n) is 62.1. The van der Waals surface area contributed by atoms with Gasteiger partial charge in [-0.2, -0.15) is 28.5 Å². The number of hydrogen-bond donors (Lipinski definition) is 3. The van der Waals surface area contributed by atoms with Gasteiger partial charge in [0.15, 0.2) is 19.9 Å². The highest BCUT2D eigenvalue weighted by atomic mass is 32.2. The summed E-state index contributed by atoms with van der Waals surface area (Å²) < 4.78 is 123. The lowest BCUT2D eigenvalue weighted by Gasteiger charge is -2.29. The summed E-state index contributed by atoms with van der Waals surface area (Å²) in [6, 6.07) is 27.3. The number of esters is 1. The van der Waals surface area contributed by atoms with Crippen molar-refractivity contribution in [3.63, 3.8) is 0 Å². The van der Waals surface area contributed by atoms with Crippen LogP contribution in [0.5, 0.6) is 17.4 Å². The number of benzene rings is 4. The second-order valence-electron chi connectivity index (χ2n) is 29.6. The number of sulfone groups is 1. The van der Waals surface area contributed by atoms with Crippen molar-refractivity contribution in [3.05, 3.63) is 183 Å². The molecular weight excluding hydrogens is 1360 g/mol. The number of aromatic nitrogens is 6. The van der Waals surface area contributed by atoms with E-state index in [1.54, 1.807) is 68.8 Å². The Bertz CT molecular complexity index is 4470. The quantitative estimate of drug-likeness (QED) is 0.0420. The van der Waals surface area contributed by atoms with Gasteiger partial charge in [0.2, 0.25) is 11.8 Å². The van der Waals surface area contributed by atoms with Crippen LogP contribution < -0.4 is 24.8 Å². The molecule has 4 aromatic heterocycles. The molecule has 3 N–H and O–H groups in total. The lowest BCUT2D eigenvalue weighted by molar-refractivity contribution is -0.191. The molecule has 26 heteroatoms. The van der Waals surface area contributed by atoms with E-state index in [4.69, 9.17) is 28.5 Å². The van der Waals surface area contributed by atoms with Gasteiger partial charge >= 0.3 is 12.1 Å². The Morgan fingerprint density at radius 1 is 0.641 bits per heavy atom. The van der Waals surface area contributed by atoms with E-state index in [9.17, 15) is 39.9 Å². The molecule has 0 radical (unpaired) electrons. The number of nitrogens with one attached hydrogen (secondary N) is 2. The Kier molecular flexibility index (Phi) is 27.2. The molecule has 0 saturated heterocycles. The van der Waals surface area contributed by atoms with Crippen LogP contribution in [0, 0.1) is 23.0 Å². The fraction of sp³-hybridized carbons (Fsp3) is 0.455. The number of fused-ring (bicyclic) bond motifs is 2. The van der Waals surface area contributed by atoms with E-state index in [1.807, 2.05) is 102 Å². The summed E-state index contributed by atoms with van der Waals surface area (Å²) >= 11 is 0. The van der Waals surface area contributed by atoms with Crippen molar-refractivity contribution in [2.24, 2.45) is 5.41 Å². The molecule has 21 nitrogen and oxygen atoms in total. The van der Waals surface area contributed by atoms with E-state index >= 15 is 0 Å². The summed E-state index contributed by atoms with van der Waals surface area (Å²) in [5.41, 5.74) is 9.01. The monoisotopic (exact) mass is 1460 g/mol. The highest BCUT2D eigenvalue weighted by Crippen LogP contribution is 2.39. The van der Waals surface area contributed by atoms with Gasteiger partial charge < -0.3 is 34.7 Å². The third-order valence-electron chi connectivity index (χ3n) is 17.1. The normalized spacial score (nSPS) is 13.3. The van der Waals surface area contributed by atoms with Crippen LogP contribution in [0.25, 0.3) is 22.3 Å². The maximum atomic E-state index is 14.8. The molecule has 103 heavy (non-hydrogen) atoms. The molecule has 8 aromatic rings. The Labute approximate surface area is 603 Å². The van der Waals surface area contributed by atoms with Crippen LogP contribution in [0.15, 0.2) is 120 Å². The molecule has 0 aliphatic carbocycles. The van der Waals surface area contributed by atoms with Crippen molar-refractivity contribution >= 4 is 32.0 Å². The van der Waals surface area contributed by atoms with E-state index in [0.717, 1.165) is 56.8 Å². The summed E-state index contributed by atoms with van der Waals surface area (Å²) in [6.45, 7) is 30.4. The number of aliphatic hydroxyl groups excluding tert-OH is 1. The van der Waals surface area contributed by atoms with Crippen molar-refractivity contribution in [1.29, 1.82) is 0 Å². The first kappa shape index (κ1) is 81.7. The maximum absolute atomic E-state index is 14.8. The van der Waals surface area contributed by atoms with Crippen LogP contribution in [-0.4, -0.2) is 120 Å². The SMILES string of the molecule is CC(C)c1cc(F)cc(-c2ccnc(F)c2)c1CC(=O)OC(C)(C)C.CC(C)c1cc(F)cc(-c2ccnc(OCC(C)(C)n3nc(S(C)(=O)=O)c4c3CNCC4)c2)c1CC(C)(C)C.COc1ccc(CN(Cc2ccc(OC)cc2)S(=O)(=O)c2nn(C(C)(C)CO)c3c2CCNC3)cc1.O=C=O. The number of carbonyl (C=O) groups excluding carboxylic acids is 3. The molecule has 0 saturated carbocycles. The number of carbonyl (C=O) groups is 1. The number of ether oxygens (including phenoxy) is 4. The zero-order chi connectivity index (χ0) is 76.2. The lowest BCUT2D eigenvalue weighted by atomic mass is 9.80. The molecule has 0 spiro atoms. The van der Waals surface area contributed by atoms with Crippen molar-refractivity contribution < 1.29 is 68.4 Å². The highest BCUT2D eigenvalue weighted by molar-refractivity contribution is 7.90. The predicted octanol–water partition coefficient (Wildman–Crippen LogP) is 12.8. The number of halogens is 3. The molecular formula is C77H98F3N9O12S2. The van der Waals surface area contributed by atoms with Crippen molar-refractivity contribution in [2.75, 3.05) is 46.8 Å². The maximum Gasteiger partial charge on any atom is 0.373 e. The molecule has 0 unspecified atom stereocenters. The number of sulfonamides is 1. The van der Waals surface area contributed by atoms with E-state index in [1.165, 1.54) is 35.0 Å². The van der Waals surface area contributed by atoms with Crippen LogP contribution >= 0.6 is 0 Å². The second-order valence-corrected chi connectivity index (χ2v) is 33.4. The highest BCUT2D eigenvalue weighted by Gasteiger charge is 2.38. The first-order valence-electron chi connectivity index (χ1n) is 34.0. The van der Waals surface area contributed by atoms with E-state index in [0.29, 0.717) is 84.2 Å². The lowest BCUT2D eigenvalue weighted by Crippen LogP contribution is -2.38. The topological polar surface area (TPSA) is 265 Å². The van der Waals surface area contributed by atoms with E-state index < -0.39 is 54.3 Å². The van der Waals surface area contributed by atoms with E-state index in [-0.39, 0.29) is 72.0 Å². The number of nitrogens with zero attached hydrogens (tertiary/aromatic N) is 7. The third-order valence-corrected chi connectivity index (χ3v) is 19.9. The van der Waals surface area contributed by atoms with Gasteiger partial charge in [-0.3, -0.25) is 14.2 Å². The largest absolute Gasteiger partial charge is 0.497 e. The van der Waals surface area contributed by atoms with Crippen molar-refractivity contribution in [1.82, 2.24) is 44.5 Å². The molecule has 556 valence electrons. The van der Waals surface area contributed by atoms with Gasteiger partial charge in [0.05, 0.1) is 49.7 Å². The molecule has 2 aliphatic heterocycles. The van der Waals surface area contributed by atoms with Gasteiger partial charge in [0.25, 0.3) is 10.0 Å². The number of pyridine rings is 2. The predicted molar refractivity (Wildman–Crippen MR) is 387 cm³/mol. The minimum absolute atomic E-state index is 0.00132. The second kappa shape index (κ2) is 34.3. The third kappa shape index (κ3) is 21.5. The summed E-state index contributed by atoms with van der Waals surface area (Å²) in [4.78, 5) is 36.5. The van der Waals surface area contributed by atoms with Gasteiger partial charge in [0, 0.05) is 68.1 Å². The molecule has 0 amide bonds. The first-order valence-corrected chi connectivity index (χ1v) is 37.4. The molecule has 0 bridgehead atoms. The van der Waals surface area contributed by atoms with Gasteiger partial charge in [-0.25, -0.2) is 35.6 Å². The first-order chi connectivity index (χ1) is 48.2. The van der Waals surface area contributed by atoms with Gasteiger partial charge in [-0.05, 0) is 214 Å². The summed E-state index contributed by atoms with van der Waals surface area (Å²) in [5.74, 6) is 0.257. The smallest absolute Gasteiger partial charge is 0.373 e. The minimum atomic E-state index is -3.99. The number of rotatable bonds is 22. The van der Waals surface area contributed by atoms with Crippen molar-refractivity contribution in [3.8, 4) is 39.6 Å². The average Bonchev–Trinajstić information content (AvgIpc) is 1.63. The van der Waals surface area contributed by atoms with Crippen LogP contribution in [0.2, 0.25) is 0 Å². The molecule has 0 fully saturated rings. The van der Waals surface area contributed by atoms with Gasteiger partial charge in [-0.15, -0.1) is 0 Å². The summed E-state index contributed by atoms with van der Waals surface area (Å²) in [7, 11) is -4.26. The molecule has 2 aliphatic rings. The summed E-state index contributed by atoms with van der Waals surface area (Å²) in [5, 5.41) is 26.0. The van der Waals surface area contributed by atoms with Gasteiger partial charge in [-0.1, -0.05) is 72.7 Å². The van der Waals surface area contributed by atoms with E-state index in [2.05, 4.69) is 65.4 Å². The Morgan fingerprint density at radius 2 is 1.10 bits per heavy atom. The molecule has 0 atom stereocenters. The molecule has 10 rings (SSSR count). The van der Waals surface area contributed by atoms with Crippen LogP contribution in [-0.2, 0) is 102 Å².